The van der Waals surface area contributed by atoms with Crippen LogP contribution in [0.4, 0.5) is 15.8 Å². The van der Waals surface area contributed by atoms with Gasteiger partial charge in [0, 0.05) is 18.4 Å². The second-order valence-electron chi connectivity index (χ2n) is 6.47. The molecule has 0 radical (unpaired) electrons. The summed E-state index contributed by atoms with van der Waals surface area (Å²) >= 11 is 1.33. The van der Waals surface area contributed by atoms with Crippen LogP contribution in [0, 0.1) is 19.7 Å². The van der Waals surface area contributed by atoms with Crippen LogP contribution in [-0.4, -0.2) is 26.4 Å². The molecule has 3 aromatic rings. The summed E-state index contributed by atoms with van der Waals surface area (Å²) in [5.41, 5.74) is 3.81. The summed E-state index contributed by atoms with van der Waals surface area (Å²) in [6.45, 7) is 4.44. The molecular weight excluding hydrogens is 377 g/mol. The zero-order valence-corrected chi connectivity index (χ0v) is 16.8. The third kappa shape index (κ3) is 5.10. The first-order chi connectivity index (χ1) is 13.4. The summed E-state index contributed by atoms with van der Waals surface area (Å²) in [6.07, 6.45) is 0. The number of nitrogens with one attached hydrogen (secondary N) is 2. The number of aromatic nitrogens is 3. The lowest BCUT2D eigenvalue weighted by Crippen LogP contribution is -2.15. The lowest BCUT2D eigenvalue weighted by molar-refractivity contribution is -0.113. The number of rotatable bonds is 7. The first-order valence-corrected chi connectivity index (χ1v) is 9.78. The number of benzene rings is 2. The fourth-order valence-corrected chi connectivity index (χ4v) is 3.37. The molecule has 3 rings (SSSR count). The molecule has 146 valence electrons. The molecule has 0 bridgehead atoms. The number of carbonyl (C=O) groups excluding carboxylic acids is 1. The van der Waals surface area contributed by atoms with Crippen LogP contribution in [0.2, 0.25) is 0 Å². The van der Waals surface area contributed by atoms with Gasteiger partial charge < -0.3 is 15.2 Å². The highest BCUT2D eigenvalue weighted by atomic mass is 32.2. The van der Waals surface area contributed by atoms with Gasteiger partial charge in [0.25, 0.3) is 0 Å². The molecule has 0 aliphatic rings. The summed E-state index contributed by atoms with van der Waals surface area (Å²) in [7, 11) is 1.85. The highest BCUT2D eigenvalue weighted by Crippen LogP contribution is 2.19. The molecule has 0 atom stereocenters. The van der Waals surface area contributed by atoms with E-state index in [1.807, 2.05) is 43.7 Å². The number of anilines is 2. The number of carbonyl (C=O) groups is 1. The molecule has 0 saturated heterocycles. The number of aryl methyl sites for hydroxylation is 2. The number of hydrogen-bond donors (Lipinski definition) is 2. The van der Waals surface area contributed by atoms with Gasteiger partial charge in [-0.1, -0.05) is 29.5 Å². The molecule has 6 nitrogen and oxygen atoms in total. The molecule has 0 fully saturated rings. The van der Waals surface area contributed by atoms with Gasteiger partial charge in [-0.15, -0.1) is 10.2 Å². The average Bonchev–Trinajstić information content (AvgIpc) is 3.02. The molecule has 0 unspecified atom stereocenters. The van der Waals surface area contributed by atoms with Crippen molar-refractivity contribution in [3.05, 3.63) is 65.2 Å². The molecule has 1 aromatic heterocycles. The van der Waals surface area contributed by atoms with Crippen LogP contribution in [0.1, 0.15) is 17.0 Å². The minimum atomic E-state index is -0.276. The summed E-state index contributed by atoms with van der Waals surface area (Å²) in [6, 6.07) is 12.0. The first kappa shape index (κ1) is 19.9. The van der Waals surface area contributed by atoms with Gasteiger partial charge in [0.15, 0.2) is 11.0 Å². The molecule has 1 heterocycles. The van der Waals surface area contributed by atoms with E-state index in [0.717, 1.165) is 28.3 Å². The second kappa shape index (κ2) is 8.88. The standard InChI is InChI=1S/C20H22FN5OS/c1-13-4-9-17(14(2)10-13)23-19(27)12-28-20-25-24-18(26(20)3)11-22-16-7-5-15(21)6-8-16/h4-10,22H,11-12H2,1-3H3,(H,23,27). The van der Waals surface area contributed by atoms with Crippen molar-refractivity contribution in [1.82, 2.24) is 14.8 Å². The SMILES string of the molecule is Cc1ccc(NC(=O)CSc2nnc(CNc3ccc(F)cc3)n2C)c(C)c1. The number of nitrogens with zero attached hydrogens (tertiary/aromatic N) is 3. The third-order valence-electron chi connectivity index (χ3n) is 4.21. The van der Waals surface area contributed by atoms with E-state index in [9.17, 15) is 9.18 Å². The highest BCUT2D eigenvalue weighted by molar-refractivity contribution is 7.99. The molecule has 1 amide bonds. The van der Waals surface area contributed by atoms with Crippen molar-refractivity contribution in [1.29, 1.82) is 0 Å². The Morgan fingerprint density at radius 3 is 2.61 bits per heavy atom. The zero-order chi connectivity index (χ0) is 20.1. The van der Waals surface area contributed by atoms with Crippen molar-refractivity contribution < 1.29 is 9.18 Å². The maximum Gasteiger partial charge on any atom is 0.234 e. The Morgan fingerprint density at radius 2 is 1.89 bits per heavy atom. The van der Waals surface area contributed by atoms with E-state index in [4.69, 9.17) is 0 Å². The van der Waals surface area contributed by atoms with Crippen LogP contribution in [0.3, 0.4) is 0 Å². The van der Waals surface area contributed by atoms with Gasteiger partial charge in [0.05, 0.1) is 12.3 Å². The number of hydrogen-bond acceptors (Lipinski definition) is 5. The Hall–Kier alpha value is -2.87. The molecule has 0 aliphatic carbocycles. The topological polar surface area (TPSA) is 71.8 Å². The van der Waals surface area contributed by atoms with Gasteiger partial charge in [-0.3, -0.25) is 4.79 Å². The van der Waals surface area contributed by atoms with Crippen molar-refractivity contribution in [2.24, 2.45) is 7.05 Å². The maximum atomic E-state index is 13.0. The van der Waals surface area contributed by atoms with Crippen molar-refractivity contribution in [2.45, 2.75) is 25.5 Å². The lowest BCUT2D eigenvalue weighted by Gasteiger charge is -2.09. The van der Waals surface area contributed by atoms with Gasteiger partial charge >= 0.3 is 0 Å². The summed E-state index contributed by atoms with van der Waals surface area (Å²) in [4.78, 5) is 12.2. The smallest absolute Gasteiger partial charge is 0.234 e. The molecule has 2 aromatic carbocycles. The zero-order valence-electron chi connectivity index (χ0n) is 16.0. The van der Waals surface area contributed by atoms with E-state index in [0.29, 0.717) is 11.7 Å². The van der Waals surface area contributed by atoms with Crippen molar-refractivity contribution in [3.63, 3.8) is 0 Å². The van der Waals surface area contributed by atoms with Crippen LogP contribution in [-0.2, 0) is 18.4 Å². The number of halogens is 1. The monoisotopic (exact) mass is 399 g/mol. The quantitative estimate of drug-likeness (QED) is 0.590. The van der Waals surface area contributed by atoms with E-state index in [-0.39, 0.29) is 17.5 Å². The van der Waals surface area contributed by atoms with Gasteiger partial charge in [-0.25, -0.2) is 4.39 Å². The predicted octanol–water partition coefficient (Wildman–Crippen LogP) is 3.91. The van der Waals surface area contributed by atoms with Crippen molar-refractivity contribution in [3.8, 4) is 0 Å². The second-order valence-corrected chi connectivity index (χ2v) is 7.42. The van der Waals surface area contributed by atoms with Crippen LogP contribution in [0.15, 0.2) is 47.6 Å². The van der Waals surface area contributed by atoms with Crippen LogP contribution >= 0.6 is 11.8 Å². The molecule has 0 aliphatic heterocycles. The summed E-state index contributed by atoms with van der Waals surface area (Å²) in [5, 5.41) is 15.1. The van der Waals surface area contributed by atoms with Crippen molar-refractivity contribution >= 4 is 29.0 Å². The minimum absolute atomic E-state index is 0.0917. The van der Waals surface area contributed by atoms with Gasteiger partial charge in [0.1, 0.15) is 5.82 Å². The van der Waals surface area contributed by atoms with Crippen LogP contribution in [0.5, 0.6) is 0 Å². The Morgan fingerprint density at radius 1 is 1.14 bits per heavy atom. The fourth-order valence-electron chi connectivity index (χ4n) is 2.64. The Bertz CT molecular complexity index is 971. The van der Waals surface area contributed by atoms with Gasteiger partial charge in [0.2, 0.25) is 5.91 Å². The van der Waals surface area contributed by atoms with Crippen molar-refractivity contribution in [2.75, 3.05) is 16.4 Å². The Kier molecular flexibility index (Phi) is 6.30. The number of thioether (sulfide) groups is 1. The minimum Gasteiger partial charge on any atom is -0.378 e. The molecular formula is C20H22FN5OS. The van der Waals surface area contributed by atoms with Gasteiger partial charge in [-0.05, 0) is 49.7 Å². The summed E-state index contributed by atoms with van der Waals surface area (Å²) < 4.78 is 14.8. The first-order valence-electron chi connectivity index (χ1n) is 8.80. The van der Waals surface area contributed by atoms with E-state index in [1.165, 1.54) is 23.9 Å². The molecule has 8 heteroatoms. The fraction of sp³-hybridized carbons (Fsp3) is 0.250. The Balaban J connectivity index is 1.53. The van der Waals surface area contributed by atoms with E-state index < -0.39 is 0 Å². The molecule has 2 N–H and O–H groups in total. The highest BCUT2D eigenvalue weighted by Gasteiger charge is 2.12. The molecule has 28 heavy (non-hydrogen) atoms. The van der Waals surface area contributed by atoms with Crippen LogP contribution < -0.4 is 10.6 Å². The van der Waals surface area contributed by atoms with Gasteiger partial charge in [-0.2, -0.15) is 0 Å². The normalized spacial score (nSPS) is 10.7. The van der Waals surface area contributed by atoms with E-state index in [2.05, 4.69) is 20.8 Å². The third-order valence-corrected chi connectivity index (χ3v) is 5.23. The van der Waals surface area contributed by atoms with E-state index >= 15 is 0 Å². The average molecular weight is 399 g/mol. The number of amides is 1. The molecule has 0 saturated carbocycles. The van der Waals surface area contributed by atoms with Crippen LogP contribution in [0.25, 0.3) is 0 Å². The predicted molar refractivity (Wildman–Crippen MR) is 110 cm³/mol. The van der Waals surface area contributed by atoms with E-state index in [1.54, 1.807) is 12.1 Å². The lowest BCUT2D eigenvalue weighted by atomic mass is 10.1. The Labute approximate surface area is 167 Å². The molecule has 0 spiro atoms. The maximum absolute atomic E-state index is 13.0. The summed E-state index contributed by atoms with van der Waals surface area (Å²) in [5.74, 6) is 0.597. The largest absolute Gasteiger partial charge is 0.378 e.